The lowest BCUT2D eigenvalue weighted by Crippen LogP contribution is -1.98. The SMILES string of the molecule is NP(=O)(Oc1ccccc1)PC1=CCCC=C1. The van der Waals surface area contributed by atoms with Gasteiger partial charge in [-0.2, -0.15) is 0 Å². The van der Waals surface area contributed by atoms with Crippen molar-refractivity contribution in [1.29, 1.82) is 0 Å². The van der Waals surface area contributed by atoms with Crippen molar-refractivity contribution < 1.29 is 9.09 Å². The molecule has 0 amide bonds. The van der Waals surface area contributed by atoms with Crippen molar-refractivity contribution >= 4 is 15.5 Å². The Hall–Kier alpha value is -0.880. The summed E-state index contributed by atoms with van der Waals surface area (Å²) in [7, 11) is -3.06. The second-order valence-corrected chi connectivity index (χ2v) is 8.47. The van der Waals surface area contributed by atoms with Gasteiger partial charge in [-0.15, -0.1) is 0 Å². The zero-order valence-electron chi connectivity index (χ0n) is 9.37. The van der Waals surface area contributed by atoms with Crippen LogP contribution in [-0.4, -0.2) is 0 Å². The van der Waals surface area contributed by atoms with Crippen LogP contribution in [0.4, 0.5) is 0 Å². The first kappa shape index (κ1) is 12.6. The van der Waals surface area contributed by atoms with Crippen molar-refractivity contribution in [3.05, 3.63) is 53.9 Å². The Kier molecular flexibility index (Phi) is 4.17. The summed E-state index contributed by atoms with van der Waals surface area (Å²) in [5, 5.41) is 1.03. The van der Waals surface area contributed by atoms with Gasteiger partial charge in [0.15, 0.2) is 0 Å². The maximum atomic E-state index is 12.1. The van der Waals surface area contributed by atoms with Crippen LogP contribution in [0.25, 0.3) is 0 Å². The molecule has 0 spiro atoms. The van der Waals surface area contributed by atoms with E-state index in [0.717, 1.165) is 18.2 Å². The minimum Gasteiger partial charge on any atom is -0.430 e. The first-order valence-electron chi connectivity index (χ1n) is 5.44. The summed E-state index contributed by atoms with van der Waals surface area (Å²) in [6.45, 7) is 0. The lowest BCUT2D eigenvalue weighted by Gasteiger charge is -2.16. The predicted molar refractivity (Wildman–Crippen MR) is 73.6 cm³/mol. The maximum Gasteiger partial charge on any atom is 0.333 e. The van der Waals surface area contributed by atoms with Gasteiger partial charge in [-0.1, -0.05) is 36.4 Å². The Morgan fingerprint density at radius 2 is 2.00 bits per heavy atom. The van der Waals surface area contributed by atoms with Crippen molar-refractivity contribution in [1.82, 2.24) is 0 Å². The largest absolute Gasteiger partial charge is 0.430 e. The second kappa shape index (κ2) is 5.64. The van der Waals surface area contributed by atoms with Gasteiger partial charge < -0.3 is 4.52 Å². The van der Waals surface area contributed by atoms with E-state index in [-0.39, 0.29) is 8.27 Å². The molecule has 2 N–H and O–H groups in total. The number of hydrogen-bond donors (Lipinski definition) is 1. The summed E-state index contributed by atoms with van der Waals surface area (Å²) in [4.78, 5) is 0. The first-order valence-corrected chi connectivity index (χ1v) is 8.97. The van der Waals surface area contributed by atoms with E-state index in [0.29, 0.717) is 5.75 Å². The third kappa shape index (κ3) is 4.12. The lowest BCUT2D eigenvalue weighted by molar-refractivity contribution is 0.500. The van der Waals surface area contributed by atoms with E-state index in [1.807, 2.05) is 24.3 Å². The number of para-hydroxylation sites is 1. The second-order valence-electron chi connectivity index (χ2n) is 3.75. The standard InChI is InChI=1S/C12H15NO2P2/c13-17(14,15-11-7-3-1-4-8-11)16-12-9-5-2-6-10-12/h1,3-5,7-10,16H,2,6H2,(H2,13,14). The fraction of sp³-hybridized carbons (Fsp3) is 0.167. The molecule has 1 aliphatic carbocycles. The number of rotatable bonds is 4. The summed E-state index contributed by atoms with van der Waals surface area (Å²) in [5.41, 5.74) is 5.75. The molecule has 3 nitrogen and oxygen atoms in total. The van der Waals surface area contributed by atoms with E-state index in [9.17, 15) is 4.57 Å². The Balaban J connectivity index is 2.02. The van der Waals surface area contributed by atoms with Crippen molar-refractivity contribution in [2.24, 2.45) is 5.50 Å². The van der Waals surface area contributed by atoms with Crippen LogP contribution in [0, 0.1) is 0 Å². The van der Waals surface area contributed by atoms with Crippen LogP contribution in [-0.2, 0) is 4.57 Å². The molecule has 0 bridgehead atoms. The topological polar surface area (TPSA) is 52.3 Å². The van der Waals surface area contributed by atoms with E-state index in [1.165, 1.54) is 0 Å². The summed E-state index contributed by atoms with van der Waals surface area (Å²) < 4.78 is 17.5. The van der Waals surface area contributed by atoms with E-state index in [4.69, 9.17) is 10.0 Å². The average Bonchev–Trinajstić information content (AvgIpc) is 2.30. The number of nitrogens with two attached hydrogens (primary N) is 1. The van der Waals surface area contributed by atoms with Crippen LogP contribution in [0.3, 0.4) is 0 Å². The lowest BCUT2D eigenvalue weighted by atomic mass is 10.2. The molecule has 2 atom stereocenters. The molecule has 0 radical (unpaired) electrons. The highest BCUT2D eigenvalue weighted by Crippen LogP contribution is 2.61. The molecule has 17 heavy (non-hydrogen) atoms. The number of benzene rings is 1. The van der Waals surface area contributed by atoms with Crippen LogP contribution in [0.1, 0.15) is 12.8 Å². The molecular weight excluding hydrogens is 252 g/mol. The molecule has 2 unspecified atom stereocenters. The zero-order chi connectivity index (χ0) is 12.1. The van der Waals surface area contributed by atoms with Gasteiger partial charge in [-0.25, -0.2) is 5.50 Å². The van der Waals surface area contributed by atoms with Crippen LogP contribution in [0.15, 0.2) is 53.9 Å². The Morgan fingerprint density at radius 3 is 2.65 bits per heavy atom. The summed E-state index contributed by atoms with van der Waals surface area (Å²) in [6, 6.07) is 9.06. The van der Waals surface area contributed by atoms with Gasteiger partial charge in [-0.3, -0.25) is 4.57 Å². The van der Waals surface area contributed by atoms with Crippen LogP contribution >= 0.6 is 15.5 Å². The third-order valence-electron chi connectivity index (χ3n) is 2.26. The van der Waals surface area contributed by atoms with E-state index in [1.54, 1.807) is 12.1 Å². The quantitative estimate of drug-likeness (QED) is 0.837. The molecule has 0 fully saturated rings. The van der Waals surface area contributed by atoms with Gasteiger partial charge in [0.2, 0.25) is 0 Å². The zero-order valence-corrected chi connectivity index (χ0v) is 11.3. The van der Waals surface area contributed by atoms with Gasteiger partial charge in [0.05, 0.1) is 0 Å². The highest BCUT2D eigenvalue weighted by atomic mass is 32.1. The number of hydrogen-bond acceptors (Lipinski definition) is 2. The third-order valence-corrected chi connectivity index (χ3v) is 5.67. The summed E-state index contributed by atoms with van der Waals surface area (Å²) >= 11 is 0. The first-order chi connectivity index (χ1) is 8.16. The van der Waals surface area contributed by atoms with Gasteiger partial charge in [0, 0.05) is 8.27 Å². The van der Waals surface area contributed by atoms with Crippen LogP contribution in [0.2, 0.25) is 0 Å². The fourth-order valence-corrected chi connectivity index (χ4v) is 4.84. The highest BCUT2D eigenvalue weighted by molar-refractivity contribution is 8.23. The molecule has 0 heterocycles. The maximum absolute atomic E-state index is 12.1. The Morgan fingerprint density at radius 1 is 1.24 bits per heavy atom. The Labute approximate surface area is 103 Å². The fourth-order valence-electron chi connectivity index (χ4n) is 1.54. The molecule has 2 rings (SSSR count). The minimum absolute atomic E-state index is 0.0191. The predicted octanol–water partition coefficient (Wildman–Crippen LogP) is 4.04. The molecule has 0 saturated carbocycles. The molecule has 0 saturated heterocycles. The smallest absolute Gasteiger partial charge is 0.333 e. The Bertz CT molecular complexity index is 483. The minimum atomic E-state index is -3.07. The van der Waals surface area contributed by atoms with Gasteiger partial charge in [0.25, 0.3) is 0 Å². The molecular formula is C12H15NO2P2. The van der Waals surface area contributed by atoms with Crippen molar-refractivity contribution in [3.8, 4) is 5.75 Å². The van der Waals surface area contributed by atoms with E-state index >= 15 is 0 Å². The van der Waals surface area contributed by atoms with E-state index in [2.05, 4.69) is 12.2 Å². The molecule has 1 aromatic rings. The monoisotopic (exact) mass is 267 g/mol. The van der Waals surface area contributed by atoms with Gasteiger partial charge in [0.1, 0.15) is 5.75 Å². The molecule has 1 aliphatic rings. The molecule has 0 aromatic heterocycles. The molecule has 5 heteroatoms. The van der Waals surface area contributed by atoms with E-state index < -0.39 is 7.21 Å². The molecule has 1 aromatic carbocycles. The normalized spacial score (nSPS) is 19.0. The summed E-state index contributed by atoms with van der Waals surface area (Å²) in [6.07, 6.45) is 8.17. The number of allylic oxidation sites excluding steroid dienone is 4. The molecule has 90 valence electrons. The molecule has 0 aliphatic heterocycles. The average molecular weight is 267 g/mol. The van der Waals surface area contributed by atoms with Crippen LogP contribution < -0.4 is 10.0 Å². The van der Waals surface area contributed by atoms with Crippen molar-refractivity contribution in [3.63, 3.8) is 0 Å². The summed E-state index contributed by atoms with van der Waals surface area (Å²) in [5.74, 6) is 0.561. The van der Waals surface area contributed by atoms with Gasteiger partial charge in [-0.05, 0) is 30.3 Å². The van der Waals surface area contributed by atoms with Crippen LogP contribution in [0.5, 0.6) is 5.75 Å². The van der Waals surface area contributed by atoms with Crippen molar-refractivity contribution in [2.75, 3.05) is 0 Å². The van der Waals surface area contributed by atoms with Crippen molar-refractivity contribution in [2.45, 2.75) is 12.8 Å². The highest BCUT2D eigenvalue weighted by Gasteiger charge is 2.20. The van der Waals surface area contributed by atoms with Gasteiger partial charge >= 0.3 is 7.21 Å².